The fourth-order valence-corrected chi connectivity index (χ4v) is 2.53. The van der Waals surface area contributed by atoms with E-state index in [1.54, 1.807) is 7.11 Å². The minimum atomic E-state index is -0.507. The van der Waals surface area contributed by atoms with E-state index in [0.29, 0.717) is 31.1 Å². The molecule has 1 aromatic heterocycles. The van der Waals surface area contributed by atoms with Crippen molar-refractivity contribution in [3.63, 3.8) is 0 Å². The minimum absolute atomic E-state index is 0.426. The van der Waals surface area contributed by atoms with Crippen molar-refractivity contribution < 1.29 is 14.3 Å². The Hall–Kier alpha value is -1.79. The summed E-state index contributed by atoms with van der Waals surface area (Å²) in [4.78, 5) is 16.4. The molecular weight excluding hydrogens is 330 g/mol. The first kappa shape index (κ1) is 18.5. The molecule has 1 amide bonds. The van der Waals surface area contributed by atoms with Crippen LogP contribution in [0.3, 0.4) is 0 Å². The van der Waals surface area contributed by atoms with Gasteiger partial charge in [0, 0.05) is 31.6 Å². The van der Waals surface area contributed by atoms with Crippen molar-refractivity contribution in [1.29, 1.82) is 0 Å². The number of fused-ring (bicyclic) bond motifs is 1. The van der Waals surface area contributed by atoms with Crippen LogP contribution in [0.15, 0.2) is 18.2 Å². The number of carbonyl (C=O) groups is 1. The van der Waals surface area contributed by atoms with E-state index in [2.05, 4.69) is 14.9 Å². The van der Waals surface area contributed by atoms with E-state index in [9.17, 15) is 4.79 Å². The van der Waals surface area contributed by atoms with Gasteiger partial charge in [-0.25, -0.2) is 9.78 Å². The fraction of sp³-hybridized carbons (Fsp3) is 0.529. The summed E-state index contributed by atoms with van der Waals surface area (Å²) in [6.07, 6.45) is 0.167. The molecule has 0 aliphatic heterocycles. The van der Waals surface area contributed by atoms with Gasteiger partial charge in [0.1, 0.15) is 11.4 Å². The lowest BCUT2D eigenvalue weighted by Crippen LogP contribution is -2.33. The first-order valence-corrected chi connectivity index (χ1v) is 8.28. The van der Waals surface area contributed by atoms with Gasteiger partial charge in [-0.1, -0.05) is 11.6 Å². The predicted octanol–water partition coefficient (Wildman–Crippen LogP) is 3.40. The molecule has 0 saturated heterocycles. The highest BCUT2D eigenvalue weighted by Crippen LogP contribution is 2.21. The smallest absolute Gasteiger partial charge is 0.407 e. The summed E-state index contributed by atoms with van der Waals surface area (Å²) in [5, 5.41) is 3.41. The van der Waals surface area contributed by atoms with Crippen molar-refractivity contribution in [3.05, 3.63) is 29.0 Å². The minimum Gasteiger partial charge on any atom is -0.444 e. The van der Waals surface area contributed by atoms with E-state index in [0.717, 1.165) is 16.9 Å². The number of nitrogens with one attached hydrogen (secondary N) is 1. The first-order chi connectivity index (χ1) is 11.3. The van der Waals surface area contributed by atoms with Crippen LogP contribution >= 0.6 is 11.6 Å². The number of rotatable bonds is 6. The zero-order valence-electron chi connectivity index (χ0n) is 14.6. The highest BCUT2D eigenvalue weighted by molar-refractivity contribution is 6.31. The summed E-state index contributed by atoms with van der Waals surface area (Å²) in [6.45, 7) is 7.22. The summed E-state index contributed by atoms with van der Waals surface area (Å²) in [7, 11) is 1.67. The van der Waals surface area contributed by atoms with Gasteiger partial charge in [-0.2, -0.15) is 0 Å². The second-order valence-corrected chi connectivity index (χ2v) is 6.92. The van der Waals surface area contributed by atoms with Crippen LogP contribution in [-0.4, -0.2) is 41.5 Å². The van der Waals surface area contributed by atoms with E-state index >= 15 is 0 Å². The number of imidazole rings is 1. The van der Waals surface area contributed by atoms with Gasteiger partial charge in [0.05, 0.1) is 17.6 Å². The van der Waals surface area contributed by atoms with E-state index in [-0.39, 0.29) is 0 Å². The summed E-state index contributed by atoms with van der Waals surface area (Å²) < 4.78 is 12.5. The van der Waals surface area contributed by atoms with Gasteiger partial charge in [-0.3, -0.25) is 0 Å². The van der Waals surface area contributed by atoms with E-state index in [1.165, 1.54) is 0 Å². The maximum atomic E-state index is 11.7. The summed E-state index contributed by atoms with van der Waals surface area (Å²) >= 11 is 6.04. The molecule has 6 nitrogen and oxygen atoms in total. The summed E-state index contributed by atoms with van der Waals surface area (Å²) in [5.74, 6) is 0.875. The number of amides is 1. The van der Waals surface area contributed by atoms with Crippen molar-refractivity contribution in [2.75, 3.05) is 20.3 Å². The zero-order valence-corrected chi connectivity index (χ0v) is 15.3. The first-order valence-electron chi connectivity index (χ1n) is 7.90. The Labute approximate surface area is 147 Å². The largest absolute Gasteiger partial charge is 0.444 e. The SMILES string of the molecule is COCCn1c(CCNC(=O)OC(C)(C)C)nc2cc(Cl)ccc21. The number of alkyl carbamates (subject to hydrolysis) is 1. The number of benzene rings is 1. The van der Waals surface area contributed by atoms with E-state index in [1.807, 2.05) is 39.0 Å². The molecular formula is C17H24ClN3O3. The molecule has 0 spiro atoms. The monoisotopic (exact) mass is 353 g/mol. The van der Waals surface area contributed by atoms with Crippen LogP contribution in [0.2, 0.25) is 5.02 Å². The number of carbonyl (C=O) groups excluding carboxylic acids is 1. The van der Waals surface area contributed by atoms with Gasteiger partial charge < -0.3 is 19.4 Å². The molecule has 2 rings (SSSR count). The van der Waals surface area contributed by atoms with Crippen LogP contribution in [0.4, 0.5) is 4.79 Å². The topological polar surface area (TPSA) is 65.4 Å². The van der Waals surface area contributed by atoms with Crippen molar-refractivity contribution in [2.24, 2.45) is 0 Å². The Morgan fingerprint density at radius 1 is 1.38 bits per heavy atom. The number of hydrogen-bond donors (Lipinski definition) is 1. The molecule has 1 aromatic carbocycles. The van der Waals surface area contributed by atoms with Crippen LogP contribution in [0.1, 0.15) is 26.6 Å². The molecule has 24 heavy (non-hydrogen) atoms. The third kappa shape index (κ3) is 5.11. The number of halogens is 1. The molecule has 0 atom stereocenters. The molecule has 7 heteroatoms. The van der Waals surface area contributed by atoms with Crippen LogP contribution in [-0.2, 0) is 22.4 Å². The van der Waals surface area contributed by atoms with Gasteiger partial charge >= 0.3 is 6.09 Å². The van der Waals surface area contributed by atoms with Gasteiger partial charge in [0.15, 0.2) is 0 Å². The van der Waals surface area contributed by atoms with Crippen molar-refractivity contribution in [1.82, 2.24) is 14.9 Å². The Morgan fingerprint density at radius 3 is 2.79 bits per heavy atom. The standard InChI is InChI=1S/C17H24ClN3O3/c1-17(2,3)24-16(22)19-8-7-15-20-13-11-12(18)5-6-14(13)21(15)9-10-23-4/h5-6,11H,7-10H2,1-4H3,(H,19,22). The quantitative estimate of drug-likeness (QED) is 0.864. The average molecular weight is 354 g/mol. The Bertz CT molecular complexity index is 707. The Morgan fingerprint density at radius 2 is 2.12 bits per heavy atom. The molecule has 0 unspecified atom stereocenters. The van der Waals surface area contributed by atoms with Crippen LogP contribution in [0.25, 0.3) is 11.0 Å². The molecule has 0 radical (unpaired) electrons. The maximum absolute atomic E-state index is 11.7. The lowest BCUT2D eigenvalue weighted by Gasteiger charge is -2.19. The third-order valence-electron chi connectivity index (χ3n) is 3.33. The Balaban J connectivity index is 2.08. The van der Waals surface area contributed by atoms with Crippen LogP contribution < -0.4 is 5.32 Å². The molecule has 0 bridgehead atoms. The lowest BCUT2D eigenvalue weighted by molar-refractivity contribution is 0.0528. The molecule has 2 aromatic rings. The number of aromatic nitrogens is 2. The summed E-state index contributed by atoms with van der Waals surface area (Å²) in [5.41, 5.74) is 1.33. The van der Waals surface area contributed by atoms with E-state index < -0.39 is 11.7 Å². The molecule has 0 saturated carbocycles. The summed E-state index contributed by atoms with van der Waals surface area (Å²) in [6, 6.07) is 5.63. The van der Waals surface area contributed by atoms with Gasteiger partial charge in [0.25, 0.3) is 0 Å². The Kier molecular flexibility index (Phi) is 6.07. The average Bonchev–Trinajstić information content (AvgIpc) is 2.79. The number of hydrogen-bond acceptors (Lipinski definition) is 4. The molecule has 0 aliphatic carbocycles. The van der Waals surface area contributed by atoms with Crippen molar-refractivity contribution in [2.45, 2.75) is 39.3 Å². The van der Waals surface area contributed by atoms with Crippen molar-refractivity contribution >= 4 is 28.7 Å². The molecule has 1 heterocycles. The second-order valence-electron chi connectivity index (χ2n) is 6.48. The maximum Gasteiger partial charge on any atom is 0.407 e. The number of nitrogens with zero attached hydrogens (tertiary/aromatic N) is 2. The van der Waals surface area contributed by atoms with E-state index in [4.69, 9.17) is 21.1 Å². The zero-order chi connectivity index (χ0) is 17.7. The molecule has 0 fully saturated rings. The van der Waals surface area contributed by atoms with Gasteiger partial charge in [-0.05, 0) is 39.0 Å². The highest BCUT2D eigenvalue weighted by atomic mass is 35.5. The highest BCUT2D eigenvalue weighted by Gasteiger charge is 2.16. The predicted molar refractivity (Wildman–Crippen MR) is 94.6 cm³/mol. The molecule has 1 N–H and O–H groups in total. The molecule has 132 valence electrons. The van der Waals surface area contributed by atoms with Gasteiger partial charge in [-0.15, -0.1) is 0 Å². The van der Waals surface area contributed by atoms with Crippen molar-refractivity contribution in [3.8, 4) is 0 Å². The molecule has 0 aliphatic rings. The number of methoxy groups -OCH3 is 1. The van der Waals surface area contributed by atoms with Crippen LogP contribution in [0, 0.1) is 0 Å². The third-order valence-corrected chi connectivity index (χ3v) is 3.56. The fourth-order valence-electron chi connectivity index (χ4n) is 2.37. The second kappa shape index (κ2) is 7.85. The van der Waals surface area contributed by atoms with Crippen LogP contribution in [0.5, 0.6) is 0 Å². The lowest BCUT2D eigenvalue weighted by atomic mass is 10.2. The normalized spacial score (nSPS) is 11.7. The van der Waals surface area contributed by atoms with Gasteiger partial charge in [0.2, 0.25) is 0 Å². The number of ether oxygens (including phenoxy) is 2.